The molecule has 1 atom stereocenters. The van der Waals surface area contributed by atoms with Crippen LogP contribution in [0.15, 0.2) is 45.6 Å². The van der Waals surface area contributed by atoms with Crippen LogP contribution in [0.2, 0.25) is 10.0 Å². The van der Waals surface area contributed by atoms with E-state index in [0.29, 0.717) is 33.1 Å². The first-order chi connectivity index (χ1) is 13.3. The second-order valence-electron chi connectivity index (χ2n) is 7.58. The number of carbonyl (C=O) groups is 1. The summed E-state index contributed by atoms with van der Waals surface area (Å²) in [5.74, 6) is 0.0475. The molecule has 1 unspecified atom stereocenters. The van der Waals surface area contributed by atoms with Crippen molar-refractivity contribution in [1.82, 2.24) is 4.90 Å². The van der Waals surface area contributed by atoms with Crippen molar-refractivity contribution in [2.24, 2.45) is 5.92 Å². The summed E-state index contributed by atoms with van der Waals surface area (Å²) in [4.78, 5) is 28.3. The lowest BCUT2D eigenvalue weighted by Crippen LogP contribution is -2.32. The van der Waals surface area contributed by atoms with Crippen LogP contribution in [0.4, 0.5) is 0 Å². The van der Waals surface area contributed by atoms with Crippen LogP contribution >= 0.6 is 23.2 Å². The fourth-order valence-corrected chi connectivity index (χ4v) is 4.11. The van der Waals surface area contributed by atoms with Crippen molar-refractivity contribution in [1.29, 1.82) is 0 Å². The van der Waals surface area contributed by atoms with Gasteiger partial charge in [-0.25, -0.2) is 0 Å². The molecular formula is C22H19Cl2NO3. The van der Waals surface area contributed by atoms with E-state index in [1.807, 2.05) is 32.9 Å². The molecule has 0 spiro atoms. The third kappa shape index (κ3) is 3.01. The molecule has 2 aromatic carbocycles. The summed E-state index contributed by atoms with van der Waals surface area (Å²) >= 11 is 12.4. The number of hydrogen-bond acceptors (Lipinski definition) is 3. The Bertz CT molecular complexity index is 1170. The molecule has 4 rings (SSSR count). The second-order valence-corrected chi connectivity index (χ2v) is 8.42. The van der Waals surface area contributed by atoms with Crippen molar-refractivity contribution in [2.45, 2.75) is 26.8 Å². The van der Waals surface area contributed by atoms with E-state index < -0.39 is 6.04 Å². The van der Waals surface area contributed by atoms with E-state index in [2.05, 4.69) is 0 Å². The maximum absolute atomic E-state index is 13.4. The minimum Gasteiger partial charge on any atom is -0.450 e. The lowest BCUT2D eigenvalue weighted by Gasteiger charge is -2.26. The van der Waals surface area contributed by atoms with E-state index in [0.717, 1.165) is 11.1 Å². The number of amides is 1. The molecule has 2 heterocycles. The maximum Gasteiger partial charge on any atom is 0.290 e. The second kappa shape index (κ2) is 6.94. The Morgan fingerprint density at radius 1 is 1.14 bits per heavy atom. The fraction of sp³-hybridized carbons (Fsp3) is 0.273. The smallest absolute Gasteiger partial charge is 0.290 e. The molecule has 1 aromatic heterocycles. The van der Waals surface area contributed by atoms with Gasteiger partial charge in [-0.05, 0) is 48.2 Å². The highest BCUT2D eigenvalue weighted by atomic mass is 35.5. The number of nitrogens with zero attached hydrogens (tertiary/aromatic N) is 1. The van der Waals surface area contributed by atoms with E-state index in [1.165, 1.54) is 0 Å². The van der Waals surface area contributed by atoms with E-state index in [-0.39, 0.29) is 23.0 Å². The van der Waals surface area contributed by atoms with E-state index in [9.17, 15) is 9.59 Å². The maximum atomic E-state index is 13.4. The highest BCUT2D eigenvalue weighted by Gasteiger charge is 2.42. The summed E-state index contributed by atoms with van der Waals surface area (Å²) < 4.78 is 5.94. The highest BCUT2D eigenvalue weighted by molar-refractivity contribution is 6.32. The summed E-state index contributed by atoms with van der Waals surface area (Å²) in [5, 5.41) is 1.41. The SMILES string of the molecule is Cc1cc2oc3c(c(=O)c2cc1Cl)C(c1cccc(Cl)c1)N(CC(C)C)C3=O. The zero-order chi connectivity index (χ0) is 20.2. The van der Waals surface area contributed by atoms with Gasteiger partial charge in [0.15, 0.2) is 5.43 Å². The van der Waals surface area contributed by atoms with Gasteiger partial charge in [-0.3, -0.25) is 9.59 Å². The van der Waals surface area contributed by atoms with Gasteiger partial charge < -0.3 is 9.32 Å². The van der Waals surface area contributed by atoms with Crippen molar-refractivity contribution in [3.05, 3.63) is 79.1 Å². The number of aryl methyl sites for hydroxylation is 1. The zero-order valence-electron chi connectivity index (χ0n) is 15.8. The molecule has 0 bridgehead atoms. The Balaban J connectivity index is 2.03. The van der Waals surface area contributed by atoms with Crippen molar-refractivity contribution >= 4 is 40.1 Å². The highest BCUT2D eigenvalue weighted by Crippen LogP contribution is 2.39. The summed E-state index contributed by atoms with van der Waals surface area (Å²) in [6, 6.07) is 10.0. The van der Waals surface area contributed by atoms with Crippen molar-refractivity contribution in [3.63, 3.8) is 0 Å². The molecule has 6 heteroatoms. The third-order valence-electron chi connectivity index (χ3n) is 4.97. The molecule has 1 aliphatic heterocycles. The Morgan fingerprint density at radius 2 is 1.89 bits per heavy atom. The number of rotatable bonds is 3. The van der Waals surface area contributed by atoms with Crippen LogP contribution in [-0.4, -0.2) is 17.4 Å². The number of benzene rings is 2. The predicted octanol–water partition coefficient (Wildman–Crippen LogP) is 5.61. The molecule has 1 amide bonds. The topological polar surface area (TPSA) is 50.5 Å². The molecule has 1 aliphatic rings. The average Bonchev–Trinajstić information content (AvgIpc) is 2.89. The summed E-state index contributed by atoms with van der Waals surface area (Å²) in [6.45, 7) is 6.38. The first-order valence-corrected chi connectivity index (χ1v) is 9.86. The zero-order valence-corrected chi connectivity index (χ0v) is 17.3. The van der Waals surface area contributed by atoms with Crippen LogP contribution in [0.25, 0.3) is 11.0 Å². The van der Waals surface area contributed by atoms with E-state index >= 15 is 0 Å². The minimum atomic E-state index is -0.538. The van der Waals surface area contributed by atoms with Gasteiger partial charge in [0.1, 0.15) is 5.58 Å². The van der Waals surface area contributed by atoms with Crippen LogP contribution in [0.1, 0.15) is 47.1 Å². The molecule has 28 heavy (non-hydrogen) atoms. The Labute approximate surface area is 172 Å². The third-order valence-corrected chi connectivity index (χ3v) is 5.62. The van der Waals surface area contributed by atoms with E-state index in [4.69, 9.17) is 27.6 Å². The van der Waals surface area contributed by atoms with Crippen LogP contribution < -0.4 is 5.43 Å². The predicted molar refractivity (Wildman–Crippen MR) is 111 cm³/mol. The van der Waals surface area contributed by atoms with Crippen molar-refractivity contribution in [2.75, 3.05) is 6.54 Å². The van der Waals surface area contributed by atoms with Crippen LogP contribution in [-0.2, 0) is 0 Å². The van der Waals surface area contributed by atoms with Gasteiger partial charge in [0.25, 0.3) is 5.91 Å². The Morgan fingerprint density at radius 3 is 2.57 bits per heavy atom. The van der Waals surface area contributed by atoms with E-state index in [1.54, 1.807) is 29.2 Å². The molecule has 0 saturated carbocycles. The van der Waals surface area contributed by atoms with Gasteiger partial charge in [-0.1, -0.05) is 49.2 Å². The first kappa shape index (κ1) is 19.0. The Hall–Kier alpha value is -2.30. The summed E-state index contributed by atoms with van der Waals surface area (Å²) in [6.07, 6.45) is 0. The van der Waals surface area contributed by atoms with Gasteiger partial charge in [0.2, 0.25) is 5.76 Å². The van der Waals surface area contributed by atoms with Gasteiger partial charge in [-0.15, -0.1) is 0 Å². The number of hydrogen-bond donors (Lipinski definition) is 0. The summed E-state index contributed by atoms with van der Waals surface area (Å²) in [7, 11) is 0. The molecule has 3 aromatic rings. The average molecular weight is 416 g/mol. The fourth-order valence-electron chi connectivity index (χ4n) is 3.75. The first-order valence-electron chi connectivity index (χ1n) is 9.11. The Kier molecular flexibility index (Phi) is 4.72. The van der Waals surface area contributed by atoms with Gasteiger partial charge in [0, 0.05) is 16.6 Å². The van der Waals surface area contributed by atoms with Gasteiger partial charge in [-0.2, -0.15) is 0 Å². The summed E-state index contributed by atoms with van der Waals surface area (Å²) in [5.41, 5.74) is 2.05. The standard InChI is InChI=1S/C22H19Cl2NO3/c1-11(2)10-25-19(13-5-4-6-14(23)8-13)18-20(26)15-9-16(24)12(3)7-17(15)28-21(18)22(25)27/h4-9,11,19H,10H2,1-3H3. The molecule has 4 nitrogen and oxygen atoms in total. The molecule has 0 N–H and O–H groups in total. The van der Waals surface area contributed by atoms with Gasteiger partial charge >= 0.3 is 0 Å². The number of fused-ring (bicyclic) bond motifs is 2. The van der Waals surface area contributed by atoms with Crippen molar-refractivity contribution < 1.29 is 9.21 Å². The quantitative estimate of drug-likeness (QED) is 0.558. The van der Waals surface area contributed by atoms with Crippen LogP contribution in [0, 0.1) is 12.8 Å². The molecular weight excluding hydrogens is 397 g/mol. The lowest BCUT2D eigenvalue weighted by atomic mass is 9.98. The molecule has 0 radical (unpaired) electrons. The molecule has 0 saturated heterocycles. The van der Waals surface area contributed by atoms with Crippen LogP contribution in [0.5, 0.6) is 0 Å². The minimum absolute atomic E-state index is 0.102. The number of carbonyl (C=O) groups excluding carboxylic acids is 1. The monoisotopic (exact) mass is 415 g/mol. The van der Waals surface area contributed by atoms with Crippen LogP contribution in [0.3, 0.4) is 0 Å². The number of halogens is 2. The normalized spacial score (nSPS) is 16.3. The largest absolute Gasteiger partial charge is 0.450 e. The molecule has 144 valence electrons. The van der Waals surface area contributed by atoms with Crippen molar-refractivity contribution in [3.8, 4) is 0 Å². The molecule has 0 aliphatic carbocycles. The lowest BCUT2D eigenvalue weighted by molar-refractivity contribution is 0.0706. The molecule has 0 fully saturated rings. The van der Waals surface area contributed by atoms with Gasteiger partial charge in [0.05, 0.1) is 17.0 Å².